The molecule has 4 nitrogen and oxygen atoms in total. The Balaban J connectivity index is 1.69. The van der Waals surface area contributed by atoms with Crippen LogP contribution in [-0.4, -0.2) is 24.1 Å². The van der Waals surface area contributed by atoms with Crippen molar-refractivity contribution in [2.24, 2.45) is 5.92 Å². The topological polar surface area (TPSA) is 51.2 Å². The van der Waals surface area contributed by atoms with E-state index in [-0.39, 0.29) is 5.91 Å². The van der Waals surface area contributed by atoms with Gasteiger partial charge in [0.2, 0.25) is 5.91 Å². The monoisotopic (exact) mass is 284 g/mol. The largest absolute Gasteiger partial charge is 0.381 e. The summed E-state index contributed by atoms with van der Waals surface area (Å²) in [5.41, 5.74) is 3.30. The molecule has 4 heteroatoms. The summed E-state index contributed by atoms with van der Waals surface area (Å²) < 4.78 is 5.31. The minimum atomic E-state index is 0.103. The molecule has 2 aromatic rings. The van der Waals surface area contributed by atoms with Gasteiger partial charge in [0.15, 0.2) is 0 Å². The number of ether oxygens (including phenoxy) is 1. The third kappa shape index (κ3) is 3.22. The van der Waals surface area contributed by atoms with Gasteiger partial charge in [0.25, 0.3) is 0 Å². The number of hydrogen-bond acceptors (Lipinski definition) is 3. The number of rotatable bonds is 4. The van der Waals surface area contributed by atoms with Crippen LogP contribution in [0.15, 0.2) is 30.5 Å². The fourth-order valence-electron chi connectivity index (χ4n) is 2.82. The minimum Gasteiger partial charge on any atom is -0.381 e. The molecule has 110 valence electrons. The second-order valence-electron chi connectivity index (χ2n) is 5.64. The first kappa shape index (κ1) is 14.0. The Labute approximate surface area is 124 Å². The highest BCUT2D eigenvalue weighted by molar-refractivity contribution is 5.84. The van der Waals surface area contributed by atoms with Gasteiger partial charge in [-0.1, -0.05) is 12.1 Å². The van der Waals surface area contributed by atoms with Crippen LogP contribution in [0.4, 0.5) is 0 Å². The second kappa shape index (κ2) is 6.22. The lowest BCUT2D eigenvalue weighted by atomic mass is 10.0. The predicted octanol–water partition coefficient (Wildman–Crippen LogP) is 2.59. The van der Waals surface area contributed by atoms with Crippen molar-refractivity contribution in [2.75, 3.05) is 13.2 Å². The minimum absolute atomic E-state index is 0.103. The highest BCUT2D eigenvalue weighted by Gasteiger charge is 2.19. The molecule has 1 amide bonds. The normalized spacial score (nSPS) is 18.0. The average Bonchev–Trinajstić information content (AvgIpc) is 2.99. The summed E-state index contributed by atoms with van der Waals surface area (Å²) in [5, 5.41) is 4.15. The van der Waals surface area contributed by atoms with Crippen molar-refractivity contribution < 1.29 is 9.53 Å². The summed E-state index contributed by atoms with van der Waals surface area (Å²) in [6.07, 6.45) is 3.34. The number of nitrogens with zero attached hydrogens (tertiary/aromatic N) is 1. The van der Waals surface area contributed by atoms with E-state index in [1.807, 2.05) is 12.1 Å². The van der Waals surface area contributed by atoms with Gasteiger partial charge < -0.3 is 10.1 Å². The van der Waals surface area contributed by atoms with Gasteiger partial charge in [-0.3, -0.25) is 9.78 Å². The maximum absolute atomic E-state index is 12.0. The Hall–Kier alpha value is -1.94. The summed E-state index contributed by atoms with van der Waals surface area (Å²) in [7, 11) is 0. The molecule has 2 heterocycles. The van der Waals surface area contributed by atoms with Gasteiger partial charge in [0.1, 0.15) is 0 Å². The number of benzene rings is 1. The first-order valence-corrected chi connectivity index (χ1v) is 7.41. The molecular formula is C17H20N2O2. The maximum Gasteiger partial charge on any atom is 0.220 e. The van der Waals surface area contributed by atoms with Gasteiger partial charge in [-0.25, -0.2) is 0 Å². The molecule has 0 saturated carbocycles. The molecule has 1 aliphatic rings. The Morgan fingerprint density at radius 2 is 2.33 bits per heavy atom. The molecule has 0 spiro atoms. The van der Waals surface area contributed by atoms with Crippen molar-refractivity contribution >= 4 is 16.8 Å². The second-order valence-corrected chi connectivity index (χ2v) is 5.64. The molecule has 1 aromatic heterocycles. The van der Waals surface area contributed by atoms with Gasteiger partial charge in [-0.05, 0) is 42.5 Å². The molecule has 0 unspecified atom stereocenters. The number of hydrogen-bond donors (Lipinski definition) is 1. The molecule has 21 heavy (non-hydrogen) atoms. The van der Waals surface area contributed by atoms with E-state index in [0.29, 0.717) is 25.5 Å². The molecule has 1 saturated heterocycles. The van der Waals surface area contributed by atoms with Gasteiger partial charge in [-0.2, -0.15) is 0 Å². The van der Waals surface area contributed by atoms with Crippen LogP contribution >= 0.6 is 0 Å². The average molecular weight is 284 g/mol. The van der Waals surface area contributed by atoms with Crippen LogP contribution in [0.3, 0.4) is 0 Å². The number of pyridine rings is 1. The van der Waals surface area contributed by atoms with E-state index in [1.54, 1.807) is 6.20 Å². The van der Waals surface area contributed by atoms with Crippen LogP contribution in [0.25, 0.3) is 10.9 Å². The number of carbonyl (C=O) groups excluding carboxylic acids is 1. The van der Waals surface area contributed by atoms with Gasteiger partial charge in [0.05, 0.1) is 5.52 Å². The number of amides is 1. The fourth-order valence-corrected chi connectivity index (χ4v) is 2.82. The molecule has 1 atom stereocenters. The summed E-state index contributed by atoms with van der Waals surface area (Å²) in [6.45, 7) is 4.12. The van der Waals surface area contributed by atoms with Crippen LogP contribution in [0, 0.1) is 12.8 Å². The summed E-state index contributed by atoms with van der Waals surface area (Å²) >= 11 is 0. The lowest BCUT2D eigenvalue weighted by Gasteiger charge is -2.12. The molecule has 1 fully saturated rings. The lowest BCUT2D eigenvalue weighted by molar-refractivity contribution is -0.122. The van der Waals surface area contributed by atoms with E-state index in [9.17, 15) is 4.79 Å². The first-order valence-electron chi connectivity index (χ1n) is 7.41. The lowest BCUT2D eigenvalue weighted by Crippen LogP contribution is -2.25. The standard InChI is InChI=1S/C17H20N2O2/c1-12-4-5-16-14(3-2-7-18-16)15(12)10-19-17(20)9-13-6-8-21-11-13/h2-5,7,13H,6,8-11H2,1H3,(H,19,20)/t13-/m1/s1. The van der Waals surface area contributed by atoms with Crippen molar-refractivity contribution in [1.82, 2.24) is 10.3 Å². The molecule has 0 aliphatic carbocycles. The smallest absolute Gasteiger partial charge is 0.220 e. The molecule has 0 bridgehead atoms. The third-order valence-electron chi connectivity index (χ3n) is 4.09. The van der Waals surface area contributed by atoms with Gasteiger partial charge in [-0.15, -0.1) is 0 Å². The van der Waals surface area contributed by atoms with Crippen LogP contribution in [0.1, 0.15) is 24.0 Å². The van der Waals surface area contributed by atoms with Crippen molar-refractivity contribution in [3.8, 4) is 0 Å². The number of aryl methyl sites for hydroxylation is 1. The quantitative estimate of drug-likeness (QED) is 0.939. The zero-order valence-electron chi connectivity index (χ0n) is 12.3. The molecular weight excluding hydrogens is 264 g/mol. The maximum atomic E-state index is 12.0. The summed E-state index contributed by atoms with van der Waals surface area (Å²) in [6, 6.07) is 8.07. The van der Waals surface area contributed by atoms with E-state index in [1.165, 1.54) is 5.56 Å². The summed E-state index contributed by atoms with van der Waals surface area (Å²) in [5.74, 6) is 0.478. The number of aromatic nitrogens is 1. The molecule has 1 aromatic carbocycles. The first-order chi connectivity index (χ1) is 10.2. The van der Waals surface area contributed by atoms with E-state index in [2.05, 4.69) is 29.4 Å². The SMILES string of the molecule is Cc1ccc2ncccc2c1CNC(=O)C[C@H]1CCOC1. The van der Waals surface area contributed by atoms with Crippen LogP contribution in [0.5, 0.6) is 0 Å². The van der Waals surface area contributed by atoms with Crippen molar-refractivity contribution in [3.63, 3.8) is 0 Å². The Morgan fingerprint density at radius 1 is 1.43 bits per heavy atom. The van der Waals surface area contributed by atoms with Gasteiger partial charge in [0, 0.05) is 37.8 Å². The highest BCUT2D eigenvalue weighted by Crippen LogP contribution is 2.21. The molecule has 0 radical (unpaired) electrons. The number of fused-ring (bicyclic) bond motifs is 1. The highest BCUT2D eigenvalue weighted by atomic mass is 16.5. The van der Waals surface area contributed by atoms with Gasteiger partial charge >= 0.3 is 0 Å². The summed E-state index contributed by atoms with van der Waals surface area (Å²) in [4.78, 5) is 16.4. The predicted molar refractivity (Wildman–Crippen MR) is 81.9 cm³/mol. The molecule has 3 rings (SSSR count). The van der Waals surface area contributed by atoms with Crippen molar-refractivity contribution in [1.29, 1.82) is 0 Å². The zero-order chi connectivity index (χ0) is 14.7. The number of carbonyl (C=O) groups is 1. The van der Waals surface area contributed by atoms with Crippen LogP contribution < -0.4 is 5.32 Å². The Bertz CT molecular complexity index is 648. The van der Waals surface area contributed by atoms with Crippen molar-refractivity contribution in [2.45, 2.75) is 26.3 Å². The van der Waals surface area contributed by atoms with E-state index < -0.39 is 0 Å². The van der Waals surface area contributed by atoms with E-state index >= 15 is 0 Å². The molecule has 1 aliphatic heterocycles. The zero-order valence-corrected chi connectivity index (χ0v) is 12.3. The van der Waals surface area contributed by atoms with Crippen LogP contribution in [0.2, 0.25) is 0 Å². The fraction of sp³-hybridized carbons (Fsp3) is 0.412. The Morgan fingerprint density at radius 3 is 3.14 bits per heavy atom. The van der Waals surface area contributed by atoms with E-state index in [0.717, 1.165) is 29.5 Å². The molecule has 1 N–H and O–H groups in total. The third-order valence-corrected chi connectivity index (χ3v) is 4.09. The van der Waals surface area contributed by atoms with Crippen LogP contribution in [-0.2, 0) is 16.1 Å². The Kier molecular flexibility index (Phi) is 4.15. The van der Waals surface area contributed by atoms with Crippen molar-refractivity contribution in [3.05, 3.63) is 41.6 Å². The number of nitrogens with one attached hydrogen (secondary N) is 1. The van der Waals surface area contributed by atoms with E-state index in [4.69, 9.17) is 4.74 Å².